The van der Waals surface area contributed by atoms with Gasteiger partial charge in [-0.1, -0.05) is 0 Å². The standard InChI is InChI=1S/C12H24N2O/c1-11-10-14(7-3-6-13-11)12(2)4-8-15-9-5-12/h11,13H,3-10H2,1-2H3. The van der Waals surface area contributed by atoms with Gasteiger partial charge in [-0.05, 0) is 46.2 Å². The molecule has 0 aliphatic carbocycles. The van der Waals surface area contributed by atoms with E-state index in [9.17, 15) is 0 Å². The highest BCUT2D eigenvalue weighted by molar-refractivity contribution is 4.91. The zero-order valence-corrected chi connectivity index (χ0v) is 10.1. The monoisotopic (exact) mass is 212 g/mol. The van der Waals surface area contributed by atoms with Crippen molar-refractivity contribution in [2.24, 2.45) is 0 Å². The molecule has 1 atom stereocenters. The van der Waals surface area contributed by atoms with Crippen molar-refractivity contribution in [3.8, 4) is 0 Å². The van der Waals surface area contributed by atoms with Crippen LogP contribution in [0.3, 0.4) is 0 Å². The van der Waals surface area contributed by atoms with Crippen LogP contribution in [0, 0.1) is 0 Å². The minimum Gasteiger partial charge on any atom is -0.381 e. The van der Waals surface area contributed by atoms with Crippen LogP contribution in [-0.4, -0.2) is 49.3 Å². The van der Waals surface area contributed by atoms with Gasteiger partial charge in [-0.3, -0.25) is 4.90 Å². The van der Waals surface area contributed by atoms with Gasteiger partial charge in [0.1, 0.15) is 0 Å². The Kier molecular flexibility index (Phi) is 3.65. The summed E-state index contributed by atoms with van der Waals surface area (Å²) in [4.78, 5) is 2.68. The molecular weight excluding hydrogens is 188 g/mol. The third-order valence-electron chi connectivity index (χ3n) is 3.93. The number of hydrogen-bond acceptors (Lipinski definition) is 3. The van der Waals surface area contributed by atoms with E-state index in [1.807, 2.05) is 0 Å². The fraction of sp³-hybridized carbons (Fsp3) is 1.00. The Hall–Kier alpha value is -0.120. The topological polar surface area (TPSA) is 24.5 Å². The first-order valence-electron chi connectivity index (χ1n) is 6.27. The van der Waals surface area contributed by atoms with Crippen molar-refractivity contribution in [3.63, 3.8) is 0 Å². The summed E-state index contributed by atoms with van der Waals surface area (Å²) in [5, 5.41) is 3.56. The van der Waals surface area contributed by atoms with Crippen molar-refractivity contribution >= 4 is 0 Å². The summed E-state index contributed by atoms with van der Waals surface area (Å²) in [5.74, 6) is 0. The molecule has 2 fully saturated rings. The van der Waals surface area contributed by atoms with E-state index in [-0.39, 0.29) is 0 Å². The molecule has 0 aromatic carbocycles. The van der Waals surface area contributed by atoms with E-state index in [4.69, 9.17) is 4.74 Å². The third-order valence-corrected chi connectivity index (χ3v) is 3.93. The molecule has 88 valence electrons. The highest BCUT2D eigenvalue weighted by Gasteiger charge is 2.34. The minimum atomic E-state index is 0.387. The molecule has 3 heteroatoms. The second-order valence-electron chi connectivity index (χ2n) is 5.26. The maximum Gasteiger partial charge on any atom is 0.0483 e. The molecule has 15 heavy (non-hydrogen) atoms. The van der Waals surface area contributed by atoms with Gasteiger partial charge in [0.2, 0.25) is 0 Å². The molecule has 3 nitrogen and oxygen atoms in total. The molecule has 2 aliphatic rings. The Morgan fingerprint density at radius 3 is 2.80 bits per heavy atom. The minimum absolute atomic E-state index is 0.387. The molecule has 0 radical (unpaired) electrons. The van der Waals surface area contributed by atoms with E-state index >= 15 is 0 Å². The van der Waals surface area contributed by atoms with E-state index in [0.717, 1.165) is 13.2 Å². The Bertz CT molecular complexity index is 202. The van der Waals surface area contributed by atoms with Crippen LogP contribution in [0.15, 0.2) is 0 Å². The zero-order valence-electron chi connectivity index (χ0n) is 10.1. The van der Waals surface area contributed by atoms with E-state index in [2.05, 4.69) is 24.1 Å². The molecule has 2 heterocycles. The number of nitrogens with one attached hydrogen (secondary N) is 1. The van der Waals surface area contributed by atoms with Crippen LogP contribution >= 0.6 is 0 Å². The van der Waals surface area contributed by atoms with Crippen LogP contribution in [0.5, 0.6) is 0 Å². The van der Waals surface area contributed by atoms with Crippen LogP contribution in [0.25, 0.3) is 0 Å². The number of nitrogens with zero attached hydrogens (tertiary/aromatic N) is 1. The van der Waals surface area contributed by atoms with E-state index in [0.29, 0.717) is 11.6 Å². The lowest BCUT2D eigenvalue weighted by Gasteiger charge is -2.44. The predicted octanol–water partition coefficient (Wildman–Crippen LogP) is 1.24. The van der Waals surface area contributed by atoms with Gasteiger partial charge in [0.05, 0.1) is 0 Å². The molecule has 0 aromatic rings. The van der Waals surface area contributed by atoms with Crippen LogP contribution in [0.4, 0.5) is 0 Å². The number of rotatable bonds is 1. The molecule has 0 aromatic heterocycles. The smallest absolute Gasteiger partial charge is 0.0483 e. The van der Waals surface area contributed by atoms with Gasteiger partial charge in [0.25, 0.3) is 0 Å². The summed E-state index contributed by atoms with van der Waals surface area (Å²) in [7, 11) is 0. The van der Waals surface area contributed by atoms with Gasteiger partial charge in [-0.15, -0.1) is 0 Å². The maximum absolute atomic E-state index is 5.47. The van der Waals surface area contributed by atoms with Crippen LogP contribution in [0.2, 0.25) is 0 Å². The molecule has 1 N–H and O–H groups in total. The van der Waals surface area contributed by atoms with Crippen molar-refractivity contribution in [2.75, 3.05) is 32.8 Å². The van der Waals surface area contributed by atoms with E-state index in [1.165, 1.54) is 38.9 Å². The summed E-state index contributed by atoms with van der Waals surface area (Å²) < 4.78 is 5.47. The molecule has 2 saturated heterocycles. The zero-order chi connectivity index (χ0) is 10.7. The fourth-order valence-electron chi connectivity index (χ4n) is 2.72. The SMILES string of the molecule is CC1CN(C2(C)CCOCC2)CCCN1. The Balaban J connectivity index is 1.99. The molecule has 0 spiro atoms. The second-order valence-corrected chi connectivity index (χ2v) is 5.26. The fourth-order valence-corrected chi connectivity index (χ4v) is 2.72. The van der Waals surface area contributed by atoms with E-state index < -0.39 is 0 Å². The molecule has 2 rings (SSSR count). The first-order chi connectivity index (χ1) is 7.21. The van der Waals surface area contributed by atoms with Gasteiger partial charge in [0, 0.05) is 31.3 Å². The lowest BCUT2D eigenvalue weighted by atomic mass is 9.90. The highest BCUT2D eigenvalue weighted by atomic mass is 16.5. The molecule has 2 aliphatic heterocycles. The van der Waals surface area contributed by atoms with Gasteiger partial charge < -0.3 is 10.1 Å². The molecule has 0 saturated carbocycles. The summed E-state index contributed by atoms with van der Waals surface area (Å²) in [6.07, 6.45) is 3.67. The van der Waals surface area contributed by atoms with Crippen LogP contribution in [-0.2, 0) is 4.74 Å². The van der Waals surface area contributed by atoms with Crippen LogP contribution in [0.1, 0.15) is 33.1 Å². The quantitative estimate of drug-likeness (QED) is 0.708. The predicted molar refractivity (Wildman–Crippen MR) is 62.1 cm³/mol. The average Bonchev–Trinajstić information content (AvgIpc) is 2.44. The van der Waals surface area contributed by atoms with Crippen LogP contribution < -0.4 is 5.32 Å². The molecule has 1 unspecified atom stereocenters. The van der Waals surface area contributed by atoms with E-state index in [1.54, 1.807) is 0 Å². The summed E-state index contributed by atoms with van der Waals surface area (Å²) >= 11 is 0. The molecule has 0 amide bonds. The molecular formula is C12H24N2O. The van der Waals surface area contributed by atoms with Gasteiger partial charge in [-0.25, -0.2) is 0 Å². The van der Waals surface area contributed by atoms with Gasteiger partial charge in [0.15, 0.2) is 0 Å². The third kappa shape index (κ3) is 2.71. The van der Waals surface area contributed by atoms with Crippen molar-refractivity contribution in [3.05, 3.63) is 0 Å². The normalized spacial score (nSPS) is 33.6. The first kappa shape index (κ1) is 11.4. The van der Waals surface area contributed by atoms with Crippen molar-refractivity contribution in [2.45, 2.75) is 44.7 Å². The Morgan fingerprint density at radius 2 is 2.07 bits per heavy atom. The maximum atomic E-state index is 5.47. The summed E-state index contributed by atoms with van der Waals surface area (Å²) in [6, 6.07) is 0.632. The van der Waals surface area contributed by atoms with Gasteiger partial charge >= 0.3 is 0 Å². The van der Waals surface area contributed by atoms with Crippen molar-refractivity contribution < 1.29 is 4.74 Å². The Morgan fingerprint density at radius 1 is 1.33 bits per heavy atom. The lowest BCUT2D eigenvalue weighted by molar-refractivity contribution is -0.0190. The van der Waals surface area contributed by atoms with Gasteiger partial charge in [-0.2, -0.15) is 0 Å². The highest BCUT2D eigenvalue weighted by Crippen LogP contribution is 2.28. The number of ether oxygens (including phenoxy) is 1. The first-order valence-corrected chi connectivity index (χ1v) is 6.27. The lowest BCUT2D eigenvalue weighted by Crippen LogP contribution is -2.52. The summed E-state index contributed by atoms with van der Waals surface area (Å²) in [6.45, 7) is 10.2. The summed E-state index contributed by atoms with van der Waals surface area (Å²) in [5.41, 5.74) is 0.387. The number of hydrogen-bond donors (Lipinski definition) is 1. The molecule has 0 bridgehead atoms. The second kappa shape index (κ2) is 4.81. The van der Waals surface area contributed by atoms with Crippen molar-refractivity contribution in [1.82, 2.24) is 10.2 Å². The largest absolute Gasteiger partial charge is 0.381 e. The Labute approximate surface area is 93.2 Å². The van der Waals surface area contributed by atoms with Crippen molar-refractivity contribution in [1.29, 1.82) is 0 Å². The average molecular weight is 212 g/mol.